The van der Waals surface area contributed by atoms with Crippen molar-refractivity contribution in [2.75, 3.05) is 0 Å². The van der Waals surface area contributed by atoms with Crippen molar-refractivity contribution in [3.05, 3.63) is 79.7 Å². The van der Waals surface area contributed by atoms with Gasteiger partial charge < -0.3 is 0 Å². The van der Waals surface area contributed by atoms with Crippen molar-refractivity contribution in [2.24, 2.45) is 0 Å². The lowest BCUT2D eigenvalue weighted by Gasteiger charge is -1.98. The molecule has 94 valence electrons. The highest BCUT2D eigenvalue weighted by atomic mass is 79.9. The van der Waals surface area contributed by atoms with E-state index in [1.54, 1.807) is 0 Å². The molecular weight excluding hydrogens is 364 g/mol. The summed E-state index contributed by atoms with van der Waals surface area (Å²) in [5, 5.41) is 0. The van der Waals surface area contributed by atoms with E-state index >= 15 is 0 Å². The van der Waals surface area contributed by atoms with Crippen molar-refractivity contribution < 1.29 is 0 Å². The van der Waals surface area contributed by atoms with E-state index in [9.17, 15) is 0 Å². The van der Waals surface area contributed by atoms with Gasteiger partial charge in [-0.15, -0.1) is 0 Å². The molecule has 0 saturated carbocycles. The molecule has 2 aromatic carbocycles. The summed E-state index contributed by atoms with van der Waals surface area (Å²) in [7, 11) is 0. The molecule has 0 bridgehead atoms. The molecule has 19 heavy (non-hydrogen) atoms. The Kier molecular flexibility index (Phi) is 3.72. The summed E-state index contributed by atoms with van der Waals surface area (Å²) >= 11 is 6.97. The summed E-state index contributed by atoms with van der Waals surface area (Å²) in [4.78, 5) is 0. The molecule has 2 heteroatoms. The summed E-state index contributed by atoms with van der Waals surface area (Å²) in [6.45, 7) is 0. The Morgan fingerprint density at radius 2 is 1.58 bits per heavy atom. The molecule has 0 amide bonds. The second-order valence-electron chi connectivity index (χ2n) is 4.62. The van der Waals surface area contributed by atoms with Gasteiger partial charge in [-0.25, -0.2) is 0 Å². The van der Waals surface area contributed by atoms with E-state index in [0.29, 0.717) is 0 Å². The molecule has 0 N–H and O–H groups in total. The molecule has 0 spiro atoms. The molecule has 0 nitrogen and oxygen atoms in total. The van der Waals surface area contributed by atoms with E-state index in [-0.39, 0.29) is 0 Å². The monoisotopic (exact) mass is 374 g/mol. The Hall–Kier alpha value is -1.12. The highest BCUT2D eigenvalue weighted by Crippen LogP contribution is 2.28. The molecular formula is C17H12Br2. The van der Waals surface area contributed by atoms with Crippen LogP contribution in [0.15, 0.2) is 63.1 Å². The van der Waals surface area contributed by atoms with Crippen LogP contribution in [0.5, 0.6) is 0 Å². The number of benzene rings is 2. The maximum absolute atomic E-state index is 3.52. The van der Waals surface area contributed by atoms with Crippen molar-refractivity contribution in [3.8, 4) is 0 Å². The predicted octanol–water partition coefficient (Wildman–Crippen LogP) is 5.86. The van der Waals surface area contributed by atoms with Crippen LogP contribution in [0.25, 0.3) is 12.2 Å². The normalized spacial score (nSPS) is 13.7. The minimum Gasteiger partial charge on any atom is -0.0581 e. The highest BCUT2D eigenvalue weighted by Gasteiger charge is 2.10. The lowest BCUT2D eigenvalue weighted by molar-refractivity contribution is 1.24. The van der Waals surface area contributed by atoms with Gasteiger partial charge in [-0.2, -0.15) is 0 Å². The SMILES string of the molecule is Brc1ccc(/C=C/C2=Cc3ccc(Br)cc3C2)cc1. The number of fused-ring (bicyclic) bond motifs is 1. The van der Waals surface area contributed by atoms with E-state index in [1.165, 1.54) is 22.3 Å². The Labute approximate surface area is 130 Å². The third-order valence-electron chi connectivity index (χ3n) is 3.20. The van der Waals surface area contributed by atoms with Crippen molar-refractivity contribution in [2.45, 2.75) is 6.42 Å². The smallest absolute Gasteiger partial charge is 0.0178 e. The minimum atomic E-state index is 1.02. The number of hydrogen-bond acceptors (Lipinski definition) is 0. The summed E-state index contributed by atoms with van der Waals surface area (Å²) in [5.41, 5.74) is 5.31. The third-order valence-corrected chi connectivity index (χ3v) is 4.22. The van der Waals surface area contributed by atoms with E-state index in [4.69, 9.17) is 0 Å². The molecule has 3 rings (SSSR count). The van der Waals surface area contributed by atoms with Crippen molar-refractivity contribution in [3.63, 3.8) is 0 Å². The van der Waals surface area contributed by atoms with Gasteiger partial charge in [0.05, 0.1) is 0 Å². The van der Waals surface area contributed by atoms with Crippen molar-refractivity contribution in [1.82, 2.24) is 0 Å². The van der Waals surface area contributed by atoms with E-state index in [1.807, 2.05) is 0 Å². The first-order valence-corrected chi connectivity index (χ1v) is 7.72. The molecule has 2 aromatic rings. The molecule has 0 aliphatic heterocycles. The number of allylic oxidation sites excluding steroid dienone is 2. The fourth-order valence-corrected chi connectivity index (χ4v) is 2.90. The Morgan fingerprint density at radius 1 is 0.842 bits per heavy atom. The van der Waals surface area contributed by atoms with Crippen molar-refractivity contribution >= 4 is 44.0 Å². The fraction of sp³-hybridized carbons (Fsp3) is 0.0588. The summed E-state index contributed by atoms with van der Waals surface area (Å²) < 4.78 is 2.26. The molecule has 0 unspecified atom stereocenters. The second-order valence-corrected chi connectivity index (χ2v) is 6.46. The van der Waals surface area contributed by atoms with Gasteiger partial charge in [0.25, 0.3) is 0 Å². The van der Waals surface area contributed by atoms with E-state index in [2.05, 4.69) is 92.6 Å². The largest absolute Gasteiger partial charge is 0.0581 e. The fourth-order valence-electron chi connectivity index (χ4n) is 2.22. The first-order valence-electron chi connectivity index (χ1n) is 6.13. The minimum absolute atomic E-state index is 1.02. The molecule has 1 aliphatic carbocycles. The lowest BCUT2D eigenvalue weighted by atomic mass is 10.1. The molecule has 0 atom stereocenters. The maximum atomic E-state index is 3.52. The molecule has 0 radical (unpaired) electrons. The van der Waals surface area contributed by atoms with Crippen LogP contribution in [0, 0.1) is 0 Å². The van der Waals surface area contributed by atoms with Gasteiger partial charge in [-0.3, -0.25) is 0 Å². The molecule has 1 aliphatic rings. The van der Waals surface area contributed by atoms with Crippen molar-refractivity contribution in [1.29, 1.82) is 0 Å². The Bertz CT molecular complexity index is 664. The van der Waals surface area contributed by atoms with Gasteiger partial charge in [0.1, 0.15) is 0 Å². The van der Waals surface area contributed by atoms with Crippen LogP contribution in [-0.2, 0) is 6.42 Å². The average Bonchev–Trinajstić information content (AvgIpc) is 2.80. The average molecular weight is 376 g/mol. The lowest BCUT2D eigenvalue weighted by Crippen LogP contribution is -1.82. The molecule has 0 fully saturated rings. The van der Waals surface area contributed by atoms with E-state index in [0.717, 1.165) is 15.4 Å². The number of halogens is 2. The highest BCUT2D eigenvalue weighted by molar-refractivity contribution is 9.10. The van der Waals surface area contributed by atoms with Crippen LogP contribution in [0.2, 0.25) is 0 Å². The van der Waals surface area contributed by atoms with Gasteiger partial charge in [-0.1, -0.05) is 68.3 Å². The van der Waals surface area contributed by atoms with Crippen LogP contribution in [0.4, 0.5) is 0 Å². The van der Waals surface area contributed by atoms with Crippen LogP contribution in [0.1, 0.15) is 16.7 Å². The van der Waals surface area contributed by atoms with Crippen LogP contribution in [-0.4, -0.2) is 0 Å². The first-order chi connectivity index (χ1) is 9.20. The zero-order valence-electron chi connectivity index (χ0n) is 10.2. The van der Waals surface area contributed by atoms with Crippen LogP contribution >= 0.6 is 31.9 Å². The van der Waals surface area contributed by atoms with Gasteiger partial charge in [-0.05, 0) is 52.9 Å². The summed E-state index contributed by atoms with van der Waals surface area (Å²) in [6, 6.07) is 14.8. The topological polar surface area (TPSA) is 0 Å². The number of rotatable bonds is 2. The summed E-state index contributed by atoms with van der Waals surface area (Å²) in [5.74, 6) is 0. The zero-order valence-corrected chi connectivity index (χ0v) is 13.4. The third kappa shape index (κ3) is 3.07. The molecule has 0 heterocycles. The quantitative estimate of drug-likeness (QED) is 0.616. The zero-order chi connectivity index (χ0) is 13.2. The van der Waals surface area contributed by atoms with Gasteiger partial charge >= 0.3 is 0 Å². The van der Waals surface area contributed by atoms with Gasteiger partial charge in [0.2, 0.25) is 0 Å². The predicted molar refractivity (Wildman–Crippen MR) is 89.0 cm³/mol. The number of hydrogen-bond donors (Lipinski definition) is 0. The van der Waals surface area contributed by atoms with Gasteiger partial charge in [0.15, 0.2) is 0 Å². The second kappa shape index (κ2) is 5.48. The Balaban J connectivity index is 1.78. The molecule has 0 saturated heterocycles. The van der Waals surface area contributed by atoms with E-state index < -0.39 is 0 Å². The van der Waals surface area contributed by atoms with Crippen LogP contribution < -0.4 is 0 Å². The standard InChI is InChI=1S/C17H12Br2/c18-16-6-3-12(4-7-16)1-2-13-9-14-5-8-17(19)11-15(14)10-13/h1-9,11H,10H2/b2-1+. The molecule has 0 aromatic heterocycles. The van der Waals surface area contributed by atoms with Crippen LogP contribution in [0.3, 0.4) is 0 Å². The summed E-state index contributed by atoms with van der Waals surface area (Å²) in [6.07, 6.45) is 7.65. The Morgan fingerprint density at radius 3 is 2.37 bits per heavy atom. The van der Waals surface area contributed by atoms with Gasteiger partial charge in [0, 0.05) is 8.95 Å². The maximum Gasteiger partial charge on any atom is 0.0178 e. The first kappa shape index (κ1) is 12.9.